The summed E-state index contributed by atoms with van der Waals surface area (Å²) in [6.45, 7) is 3.95. The summed E-state index contributed by atoms with van der Waals surface area (Å²) in [6, 6.07) is 8.33. The molecule has 22 heavy (non-hydrogen) atoms. The second-order valence-corrected chi connectivity index (χ2v) is 6.52. The molecule has 124 valence electrons. The van der Waals surface area contributed by atoms with Gasteiger partial charge >= 0.3 is 0 Å². The zero-order chi connectivity index (χ0) is 15.3. The molecular formula is C16H24BrClN2O2. The molecule has 1 aliphatic heterocycles. The summed E-state index contributed by atoms with van der Waals surface area (Å²) in [5.41, 5.74) is 0.607. The minimum Gasteiger partial charge on any atom is -0.381 e. The first-order valence-electron chi connectivity index (χ1n) is 7.38. The summed E-state index contributed by atoms with van der Waals surface area (Å²) >= 11 is 3.45. The third kappa shape index (κ3) is 4.44. The van der Waals surface area contributed by atoms with Gasteiger partial charge in [0.25, 0.3) is 0 Å². The Morgan fingerprint density at radius 3 is 2.45 bits per heavy atom. The van der Waals surface area contributed by atoms with Crippen LogP contribution in [-0.2, 0) is 14.9 Å². The lowest BCUT2D eigenvalue weighted by Crippen LogP contribution is -2.50. The molecule has 1 aromatic carbocycles. The molecule has 1 amide bonds. The van der Waals surface area contributed by atoms with Crippen LogP contribution in [0.3, 0.4) is 0 Å². The van der Waals surface area contributed by atoms with Crippen LogP contribution < -0.4 is 10.6 Å². The Hall–Kier alpha value is -0.620. The third-order valence-electron chi connectivity index (χ3n) is 4.24. The highest BCUT2D eigenvalue weighted by Crippen LogP contribution is 2.35. The first-order valence-corrected chi connectivity index (χ1v) is 8.17. The van der Waals surface area contributed by atoms with E-state index >= 15 is 0 Å². The van der Waals surface area contributed by atoms with Crippen LogP contribution in [0.1, 0.15) is 25.3 Å². The van der Waals surface area contributed by atoms with Crippen molar-refractivity contribution in [1.82, 2.24) is 10.6 Å². The predicted octanol–water partition coefficient (Wildman–Crippen LogP) is 2.64. The van der Waals surface area contributed by atoms with E-state index < -0.39 is 5.41 Å². The number of rotatable bonds is 5. The van der Waals surface area contributed by atoms with Crippen molar-refractivity contribution in [2.24, 2.45) is 0 Å². The van der Waals surface area contributed by atoms with Crippen LogP contribution in [0.5, 0.6) is 0 Å². The second-order valence-electron chi connectivity index (χ2n) is 5.60. The van der Waals surface area contributed by atoms with Gasteiger partial charge in [0.1, 0.15) is 0 Å². The molecule has 0 bridgehead atoms. The van der Waals surface area contributed by atoms with E-state index in [-0.39, 0.29) is 24.4 Å². The van der Waals surface area contributed by atoms with Gasteiger partial charge in [0.05, 0.1) is 5.41 Å². The number of halogens is 2. The number of carbonyl (C=O) groups is 1. The Balaban J connectivity index is 0.00000242. The van der Waals surface area contributed by atoms with Crippen LogP contribution >= 0.6 is 28.3 Å². The molecule has 2 N–H and O–H groups in total. The number of likely N-dealkylation sites (N-methyl/N-ethyl adjacent to an activating group) is 1. The van der Waals surface area contributed by atoms with Gasteiger partial charge in [0.2, 0.25) is 5.91 Å². The molecule has 0 saturated carbocycles. The maximum Gasteiger partial charge on any atom is 0.230 e. The molecule has 2 rings (SSSR count). The lowest BCUT2D eigenvalue weighted by molar-refractivity contribution is -0.130. The number of nitrogens with one attached hydrogen (secondary N) is 2. The number of benzene rings is 1. The summed E-state index contributed by atoms with van der Waals surface area (Å²) in [7, 11) is 1.90. The molecule has 0 aromatic heterocycles. The quantitative estimate of drug-likeness (QED) is 0.811. The highest BCUT2D eigenvalue weighted by atomic mass is 79.9. The van der Waals surface area contributed by atoms with Crippen molar-refractivity contribution in [2.75, 3.05) is 26.8 Å². The van der Waals surface area contributed by atoms with Gasteiger partial charge in [-0.05, 0) is 44.5 Å². The van der Waals surface area contributed by atoms with E-state index in [1.165, 1.54) is 0 Å². The predicted molar refractivity (Wildman–Crippen MR) is 94.7 cm³/mol. The van der Waals surface area contributed by atoms with Gasteiger partial charge < -0.3 is 15.4 Å². The van der Waals surface area contributed by atoms with Crippen molar-refractivity contribution < 1.29 is 9.53 Å². The van der Waals surface area contributed by atoms with Crippen molar-refractivity contribution in [2.45, 2.75) is 31.2 Å². The normalized spacial score (nSPS) is 18.1. The molecule has 1 aliphatic rings. The van der Waals surface area contributed by atoms with E-state index in [1.807, 2.05) is 31.3 Å². The fourth-order valence-electron chi connectivity index (χ4n) is 2.65. The van der Waals surface area contributed by atoms with Gasteiger partial charge in [-0.1, -0.05) is 28.1 Å². The lowest BCUT2D eigenvalue weighted by Gasteiger charge is -2.36. The van der Waals surface area contributed by atoms with E-state index in [0.29, 0.717) is 19.8 Å². The summed E-state index contributed by atoms with van der Waals surface area (Å²) in [5, 5.41) is 6.23. The molecule has 1 heterocycles. The van der Waals surface area contributed by atoms with Gasteiger partial charge in [0, 0.05) is 30.3 Å². The largest absolute Gasteiger partial charge is 0.381 e. The van der Waals surface area contributed by atoms with Gasteiger partial charge in [0.15, 0.2) is 0 Å². The Kier molecular flexibility index (Phi) is 7.83. The number of amides is 1. The maximum atomic E-state index is 12.8. The Morgan fingerprint density at radius 2 is 1.91 bits per heavy atom. The van der Waals surface area contributed by atoms with Crippen LogP contribution in [-0.4, -0.2) is 38.8 Å². The second kappa shape index (κ2) is 8.87. The maximum absolute atomic E-state index is 12.8. The number of ether oxygens (including phenoxy) is 1. The minimum atomic E-state index is -0.466. The smallest absolute Gasteiger partial charge is 0.230 e. The van der Waals surface area contributed by atoms with Crippen LogP contribution in [0.4, 0.5) is 0 Å². The molecule has 1 atom stereocenters. The Labute approximate surface area is 146 Å². The summed E-state index contributed by atoms with van der Waals surface area (Å²) in [6.07, 6.45) is 1.46. The Bertz CT molecular complexity index is 476. The van der Waals surface area contributed by atoms with E-state index in [4.69, 9.17) is 4.74 Å². The Morgan fingerprint density at radius 1 is 1.32 bits per heavy atom. The summed E-state index contributed by atoms with van der Waals surface area (Å²) in [4.78, 5) is 12.8. The monoisotopic (exact) mass is 390 g/mol. The van der Waals surface area contributed by atoms with Gasteiger partial charge in [-0.2, -0.15) is 0 Å². The van der Waals surface area contributed by atoms with Crippen molar-refractivity contribution in [3.63, 3.8) is 0 Å². The van der Waals surface area contributed by atoms with E-state index in [2.05, 4.69) is 33.5 Å². The third-order valence-corrected chi connectivity index (χ3v) is 4.77. The zero-order valence-electron chi connectivity index (χ0n) is 13.0. The highest BCUT2D eigenvalue weighted by Gasteiger charge is 2.41. The van der Waals surface area contributed by atoms with Crippen molar-refractivity contribution in [3.05, 3.63) is 34.3 Å². The van der Waals surface area contributed by atoms with E-state index in [0.717, 1.165) is 22.9 Å². The van der Waals surface area contributed by atoms with E-state index in [9.17, 15) is 4.79 Å². The first-order chi connectivity index (χ1) is 10.1. The zero-order valence-corrected chi connectivity index (χ0v) is 15.4. The lowest BCUT2D eigenvalue weighted by atomic mass is 9.73. The van der Waals surface area contributed by atoms with E-state index in [1.54, 1.807) is 0 Å². The number of hydrogen-bond acceptors (Lipinski definition) is 3. The average molecular weight is 392 g/mol. The van der Waals surface area contributed by atoms with Gasteiger partial charge in [-0.3, -0.25) is 4.79 Å². The summed E-state index contributed by atoms with van der Waals surface area (Å²) in [5.74, 6) is 0.107. The molecule has 4 nitrogen and oxygen atoms in total. The number of carbonyl (C=O) groups excluding carboxylic acids is 1. The molecule has 0 spiro atoms. The fraction of sp³-hybridized carbons (Fsp3) is 0.562. The van der Waals surface area contributed by atoms with Gasteiger partial charge in [-0.25, -0.2) is 0 Å². The first kappa shape index (κ1) is 19.4. The molecule has 0 radical (unpaired) electrons. The van der Waals surface area contributed by atoms with Crippen molar-refractivity contribution in [3.8, 4) is 0 Å². The topological polar surface area (TPSA) is 50.4 Å². The molecular weight excluding hydrogens is 368 g/mol. The SMILES string of the molecule is CNC(C)CNC(=O)C1(c2ccc(Br)cc2)CCOCC1.Cl. The standard InChI is InChI=1S/C16H23BrN2O2.ClH/c1-12(18-2)11-19-15(20)16(7-9-21-10-8-16)13-3-5-14(17)6-4-13;/h3-6,12,18H,7-11H2,1-2H3,(H,19,20);1H. The van der Waals surface area contributed by atoms with Crippen LogP contribution in [0.2, 0.25) is 0 Å². The fourth-order valence-corrected chi connectivity index (χ4v) is 2.92. The number of hydrogen-bond donors (Lipinski definition) is 2. The van der Waals surface area contributed by atoms with Crippen LogP contribution in [0.25, 0.3) is 0 Å². The van der Waals surface area contributed by atoms with Crippen LogP contribution in [0, 0.1) is 0 Å². The molecule has 1 fully saturated rings. The van der Waals surface area contributed by atoms with Crippen molar-refractivity contribution in [1.29, 1.82) is 0 Å². The van der Waals surface area contributed by atoms with Crippen LogP contribution in [0.15, 0.2) is 28.7 Å². The molecule has 1 unspecified atom stereocenters. The molecule has 1 saturated heterocycles. The molecule has 0 aliphatic carbocycles. The highest BCUT2D eigenvalue weighted by molar-refractivity contribution is 9.10. The van der Waals surface area contributed by atoms with Gasteiger partial charge in [-0.15, -0.1) is 12.4 Å². The van der Waals surface area contributed by atoms with Crippen molar-refractivity contribution >= 4 is 34.2 Å². The minimum absolute atomic E-state index is 0. The summed E-state index contributed by atoms with van der Waals surface area (Å²) < 4.78 is 6.49. The molecule has 1 aromatic rings. The molecule has 6 heteroatoms. The average Bonchev–Trinajstić information content (AvgIpc) is 2.53.